The molecule has 2 N–H and O–H groups in total. The Labute approximate surface area is 118 Å². The standard InChI is InChI=1S/C13H18N2O4S/c1-9(20(14,17)18)13(16)15-6-5-10-3-4-12(19-2)7-11(10)8-15/h3-4,7,9H,5-6,8H2,1-2H3,(H2,14,17,18). The van der Waals surface area contributed by atoms with E-state index in [0.717, 1.165) is 16.9 Å². The molecule has 20 heavy (non-hydrogen) atoms. The first-order valence-corrected chi connectivity index (χ1v) is 7.90. The number of fused-ring (bicyclic) bond motifs is 1. The summed E-state index contributed by atoms with van der Waals surface area (Å²) >= 11 is 0. The summed E-state index contributed by atoms with van der Waals surface area (Å²) in [6.07, 6.45) is 0.697. The van der Waals surface area contributed by atoms with Gasteiger partial charge in [0.25, 0.3) is 0 Å². The van der Waals surface area contributed by atoms with Crippen molar-refractivity contribution in [3.05, 3.63) is 29.3 Å². The number of rotatable bonds is 3. The number of ether oxygens (including phenoxy) is 1. The van der Waals surface area contributed by atoms with Crippen molar-refractivity contribution in [2.45, 2.75) is 25.1 Å². The van der Waals surface area contributed by atoms with Crippen LogP contribution in [0.1, 0.15) is 18.1 Å². The molecule has 0 saturated heterocycles. The van der Waals surface area contributed by atoms with E-state index in [1.807, 2.05) is 18.2 Å². The third-order valence-electron chi connectivity index (χ3n) is 3.58. The summed E-state index contributed by atoms with van der Waals surface area (Å²) in [4.78, 5) is 13.7. The Morgan fingerprint density at radius 3 is 2.70 bits per heavy atom. The first-order valence-electron chi connectivity index (χ1n) is 6.29. The van der Waals surface area contributed by atoms with E-state index >= 15 is 0 Å². The molecular formula is C13H18N2O4S. The van der Waals surface area contributed by atoms with Crippen LogP contribution in [-0.2, 0) is 27.8 Å². The van der Waals surface area contributed by atoms with Crippen molar-refractivity contribution in [3.8, 4) is 5.75 Å². The average Bonchev–Trinajstić information content (AvgIpc) is 2.43. The predicted octanol–water partition coefficient (Wildman–Crippen LogP) is 0.257. The smallest absolute Gasteiger partial charge is 0.242 e. The second-order valence-electron chi connectivity index (χ2n) is 4.88. The fourth-order valence-corrected chi connectivity index (χ4v) is 2.68. The first kappa shape index (κ1) is 14.8. The number of hydrogen-bond acceptors (Lipinski definition) is 4. The minimum Gasteiger partial charge on any atom is -0.497 e. The minimum absolute atomic E-state index is 0.380. The van der Waals surface area contributed by atoms with Gasteiger partial charge in [0.2, 0.25) is 15.9 Å². The van der Waals surface area contributed by atoms with Crippen molar-refractivity contribution in [2.75, 3.05) is 13.7 Å². The number of carbonyl (C=O) groups is 1. The number of amides is 1. The molecule has 0 fully saturated rings. The van der Waals surface area contributed by atoms with Crippen LogP contribution in [0.25, 0.3) is 0 Å². The highest BCUT2D eigenvalue weighted by molar-refractivity contribution is 7.90. The fraction of sp³-hybridized carbons (Fsp3) is 0.462. The van der Waals surface area contributed by atoms with Gasteiger partial charge in [-0.1, -0.05) is 6.07 Å². The average molecular weight is 298 g/mol. The second-order valence-corrected chi connectivity index (χ2v) is 6.76. The van der Waals surface area contributed by atoms with E-state index in [1.165, 1.54) is 11.8 Å². The SMILES string of the molecule is COc1ccc2c(c1)CN(C(=O)C(C)S(N)(=O)=O)CC2. The van der Waals surface area contributed by atoms with E-state index in [1.54, 1.807) is 7.11 Å². The molecule has 1 unspecified atom stereocenters. The van der Waals surface area contributed by atoms with E-state index < -0.39 is 21.2 Å². The molecule has 7 heteroatoms. The zero-order valence-corrected chi connectivity index (χ0v) is 12.3. The Hall–Kier alpha value is -1.60. The molecule has 1 amide bonds. The van der Waals surface area contributed by atoms with Gasteiger partial charge >= 0.3 is 0 Å². The molecule has 1 aliphatic rings. The van der Waals surface area contributed by atoms with Crippen LogP contribution in [0.5, 0.6) is 5.75 Å². The zero-order valence-electron chi connectivity index (χ0n) is 11.5. The van der Waals surface area contributed by atoms with Gasteiger partial charge in [0.1, 0.15) is 5.75 Å². The zero-order chi connectivity index (χ0) is 14.9. The largest absolute Gasteiger partial charge is 0.497 e. The topological polar surface area (TPSA) is 89.7 Å². The summed E-state index contributed by atoms with van der Waals surface area (Å²) < 4.78 is 27.7. The Kier molecular flexibility index (Phi) is 4.01. The van der Waals surface area contributed by atoms with Gasteiger partial charge in [-0.3, -0.25) is 4.79 Å². The Morgan fingerprint density at radius 1 is 1.40 bits per heavy atom. The molecule has 0 radical (unpaired) electrons. The minimum atomic E-state index is -3.86. The molecule has 1 aromatic carbocycles. The van der Waals surface area contributed by atoms with Crippen molar-refractivity contribution >= 4 is 15.9 Å². The van der Waals surface area contributed by atoms with Gasteiger partial charge in [-0.05, 0) is 36.6 Å². The highest BCUT2D eigenvalue weighted by atomic mass is 32.2. The van der Waals surface area contributed by atoms with E-state index in [9.17, 15) is 13.2 Å². The molecular weight excluding hydrogens is 280 g/mol. The first-order chi connectivity index (χ1) is 9.32. The van der Waals surface area contributed by atoms with Gasteiger partial charge in [0.15, 0.2) is 5.25 Å². The number of benzene rings is 1. The molecule has 1 aliphatic heterocycles. The van der Waals surface area contributed by atoms with Crippen molar-refractivity contribution in [1.29, 1.82) is 0 Å². The maximum absolute atomic E-state index is 12.1. The van der Waals surface area contributed by atoms with Crippen molar-refractivity contribution < 1.29 is 17.9 Å². The maximum atomic E-state index is 12.1. The fourth-order valence-electron chi connectivity index (χ4n) is 2.25. The molecule has 110 valence electrons. The van der Waals surface area contributed by atoms with Crippen LogP contribution in [0.2, 0.25) is 0 Å². The number of carbonyl (C=O) groups excluding carboxylic acids is 1. The van der Waals surface area contributed by atoms with Crippen LogP contribution >= 0.6 is 0 Å². The van der Waals surface area contributed by atoms with E-state index in [4.69, 9.17) is 9.88 Å². The lowest BCUT2D eigenvalue weighted by atomic mass is 9.99. The van der Waals surface area contributed by atoms with Gasteiger partial charge < -0.3 is 9.64 Å². The third kappa shape index (κ3) is 2.94. The molecule has 0 saturated carbocycles. The Bertz CT molecular complexity index is 627. The quantitative estimate of drug-likeness (QED) is 0.866. The number of sulfonamides is 1. The molecule has 0 aromatic heterocycles. The van der Waals surface area contributed by atoms with Crippen LogP contribution in [-0.4, -0.2) is 38.1 Å². The van der Waals surface area contributed by atoms with Crippen LogP contribution in [0.4, 0.5) is 0 Å². The summed E-state index contributed by atoms with van der Waals surface area (Å²) in [7, 11) is -2.28. The van der Waals surface area contributed by atoms with Crippen molar-refractivity contribution in [3.63, 3.8) is 0 Å². The lowest BCUT2D eigenvalue weighted by Crippen LogP contribution is -2.45. The van der Waals surface area contributed by atoms with Gasteiger partial charge in [0.05, 0.1) is 7.11 Å². The molecule has 0 aliphatic carbocycles. The van der Waals surface area contributed by atoms with Crippen LogP contribution in [0, 0.1) is 0 Å². The Balaban J connectivity index is 2.20. The van der Waals surface area contributed by atoms with Crippen LogP contribution < -0.4 is 9.88 Å². The summed E-state index contributed by atoms with van der Waals surface area (Å²) in [5.74, 6) is 0.263. The van der Waals surface area contributed by atoms with Gasteiger partial charge in [-0.25, -0.2) is 13.6 Å². The maximum Gasteiger partial charge on any atom is 0.242 e. The number of nitrogens with two attached hydrogens (primary N) is 1. The van der Waals surface area contributed by atoms with E-state index in [2.05, 4.69) is 0 Å². The molecule has 2 rings (SSSR count). The predicted molar refractivity (Wildman–Crippen MR) is 74.7 cm³/mol. The molecule has 0 bridgehead atoms. The highest BCUT2D eigenvalue weighted by Crippen LogP contribution is 2.24. The summed E-state index contributed by atoms with van der Waals surface area (Å²) in [5.41, 5.74) is 2.13. The van der Waals surface area contributed by atoms with E-state index in [-0.39, 0.29) is 0 Å². The third-order valence-corrected chi connectivity index (χ3v) is 4.77. The van der Waals surface area contributed by atoms with Gasteiger partial charge in [-0.15, -0.1) is 0 Å². The van der Waals surface area contributed by atoms with Crippen molar-refractivity contribution in [2.24, 2.45) is 5.14 Å². The number of hydrogen-bond donors (Lipinski definition) is 1. The summed E-state index contributed by atoms with van der Waals surface area (Å²) in [6, 6.07) is 5.72. The summed E-state index contributed by atoms with van der Waals surface area (Å²) in [6.45, 7) is 2.20. The molecule has 6 nitrogen and oxygen atoms in total. The number of nitrogens with zero attached hydrogens (tertiary/aromatic N) is 1. The highest BCUT2D eigenvalue weighted by Gasteiger charge is 2.30. The normalized spacial score (nSPS) is 16.4. The van der Waals surface area contributed by atoms with Crippen LogP contribution in [0.15, 0.2) is 18.2 Å². The van der Waals surface area contributed by atoms with Gasteiger partial charge in [-0.2, -0.15) is 0 Å². The van der Waals surface area contributed by atoms with Crippen LogP contribution in [0.3, 0.4) is 0 Å². The lowest BCUT2D eigenvalue weighted by molar-refractivity contribution is -0.131. The van der Waals surface area contributed by atoms with Crippen molar-refractivity contribution in [1.82, 2.24) is 4.90 Å². The second kappa shape index (κ2) is 5.41. The Morgan fingerprint density at radius 2 is 2.10 bits per heavy atom. The number of primary sulfonamides is 1. The number of methoxy groups -OCH3 is 1. The molecule has 1 heterocycles. The van der Waals surface area contributed by atoms with E-state index in [0.29, 0.717) is 19.5 Å². The molecule has 1 atom stereocenters. The van der Waals surface area contributed by atoms with Gasteiger partial charge in [0, 0.05) is 13.1 Å². The lowest BCUT2D eigenvalue weighted by Gasteiger charge is -2.30. The molecule has 1 aromatic rings. The monoisotopic (exact) mass is 298 g/mol. The molecule has 0 spiro atoms. The summed E-state index contributed by atoms with van der Waals surface area (Å²) in [5, 5.41) is 3.82.